The monoisotopic (exact) mass is 347 g/mol. The number of carbonyl (C=O) groups is 1. The normalized spacial score (nSPS) is 22.6. The number of hydrogen-bond donors (Lipinski definition) is 1. The van der Waals surface area contributed by atoms with Crippen molar-refractivity contribution >= 4 is 11.7 Å². The van der Waals surface area contributed by atoms with Crippen LogP contribution in [0.15, 0.2) is 18.6 Å². The molecular weight excluding hydrogens is 318 g/mol. The maximum atomic E-state index is 12.7. The highest BCUT2D eigenvalue weighted by Gasteiger charge is 2.31. The van der Waals surface area contributed by atoms with Gasteiger partial charge in [0.2, 0.25) is 5.91 Å². The zero-order valence-electron chi connectivity index (χ0n) is 15.3. The van der Waals surface area contributed by atoms with Gasteiger partial charge in [0.05, 0.1) is 25.3 Å². The summed E-state index contributed by atoms with van der Waals surface area (Å²) in [5.41, 5.74) is -0.0568. The number of rotatable bonds is 5. The van der Waals surface area contributed by atoms with Gasteiger partial charge in [-0.2, -0.15) is 0 Å². The Morgan fingerprint density at radius 3 is 2.84 bits per heavy atom. The Morgan fingerprint density at radius 2 is 2.12 bits per heavy atom. The molecule has 138 valence electrons. The van der Waals surface area contributed by atoms with Crippen LogP contribution in [0.25, 0.3) is 0 Å². The number of piperidine rings is 1. The van der Waals surface area contributed by atoms with Crippen molar-refractivity contribution < 1.29 is 9.53 Å². The molecule has 7 heteroatoms. The van der Waals surface area contributed by atoms with E-state index in [1.165, 1.54) is 0 Å². The van der Waals surface area contributed by atoms with E-state index in [-0.39, 0.29) is 17.4 Å². The zero-order valence-corrected chi connectivity index (χ0v) is 15.3. The first kappa shape index (κ1) is 18.1. The van der Waals surface area contributed by atoms with Crippen LogP contribution in [0.3, 0.4) is 0 Å². The smallest absolute Gasteiger partial charge is 0.224 e. The number of anilines is 1. The van der Waals surface area contributed by atoms with Crippen molar-refractivity contribution in [3.8, 4) is 0 Å². The van der Waals surface area contributed by atoms with Crippen molar-refractivity contribution in [1.29, 1.82) is 0 Å². The number of ether oxygens (including phenoxy) is 1. The molecule has 3 rings (SSSR count). The van der Waals surface area contributed by atoms with Crippen LogP contribution in [0, 0.1) is 5.92 Å². The quantitative estimate of drug-likeness (QED) is 0.854. The number of hydrogen-bond acceptors (Lipinski definition) is 6. The van der Waals surface area contributed by atoms with Gasteiger partial charge in [-0.15, -0.1) is 0 Å². The fourth-order valence-corrected chi connectivity index (χ4v) is 3.58. The van der Waals surface area contributed by atoms with Gasteiger partial charge in [0.15, 0.2) is 0 Å². The molecule has 1 N–H and O–H groups in total. The Labute approximate surface area is 149 Å². The lowest BCUT2D eigenvalue weighted by molar-refractivity contribution is -0.126. The molecule has 0 aromatic carbocycles. The van der Waals surface area contributed by atoms with Crippen LogP contribution in [0.4, 0.5) is 5.82 Å². The molecule has 2 saturated heterocycles. The minimum Gasteiger partial charge on any atom is -0.379 e. The molecule has 1 atom stereocenters. The molecule has 1 aromatic heterocycles. The Bertz CT molecular complexity index is 560. The predicted molar refractivity (Wildman–Crippen MR) is 96.4 cm³/mol. The lowest BCUT2D eigenvalue weighted by atomic mass is 9.96. The van der Waals surface area contributed by atoms with E-state index in [0.29, 0.717) is 13.1 Å². The summed E-state index contributed by atoms with van der Waals surface area (Å²) in [6, 6.07) is 0. The number of morpholine rings is 1. The topological polar surface area (TPSA) is 70.6 Å². The number of nitrogens with zero attached hydrogens (tertiary/aromatic N) is 4. The van der Waals surface area contributed by atoms with Crippen LogP contribution in [0.1, 0.15) is 26.7 Å². The number of carbonyl (C=O) groups excluding carboxylic acids is 1. The molecule has 0 unspecified atom stereocenters. The third-order valence-corrected chi connectivity index (χ3v) is 5.23. The largest absolute Gasteiger partial charge is 0.379 e. The summed E-state index contributed by atoms with van der Waals surface area (Å²) >= 11 is 0. The highest BCUT2D eigenvalue weighted by atomic mass is 16.5. The van der Waals surface area contributed by atoms with Gasteiger partial charge < -0.3 is 15.0 Å². The van der Waals surface area contributed by atoms with Crippen molar-refractivity contribution in [2.45, 2.75) is 32.2 Å². The molecule has 1 aromatic rings. The van der Waals surface area contributed by atoms with Gasteiger partial charge in [0.1, 0.15) is 5.82 Å². The van der Waals surface area contributed by atoms with E-state index in [2.05, 4.69) is 38.9 Å². The van der Waals surface area contributed by atoms with Crippen molar-refractivity contribution in [2.24, 2.45) is 5.92 Å². The Morgan fingerprint density at radius 1 is 1.32 bits per heavy atom. The van der Waals surface area contributed by atoms with E-state index in [1.54, 1.807) is 18.6 Å². The van der Waals surface area contributed by atoms with E-state index in [4.69, 9.17) is 4.74 Å². The Balaban J connectivity index is 1.52. The van der Waals surface area contributed by atoms with Crippen molar-refractivity contribution in [1.82, 2.24) is 20.2 Å². The molecule has 1 amide bonds. The minimum absolute atomic E-state index is 0.0104. The highest BCUT2D eigenvalue weighted by molar-refractivity contribution is 5.79. The van der Waals surface area contributed by atoms with Crippen LogP contribution >= 0.6 is 0 Å². The van der Waals surface area contributed by atoms with Gasteiger partial charge in [-0.1, -0.05) is 0 Å². The summed E-state index contributed by atoms with van der Waals surface area (Å²) in [6.07, 6.45) is 7.07. The Hall–Kier alpha value is -1.73. The molecule has 2 aliphatic rings. The maximum Gasteiger partial charge on any atom is 0.224 e. The second kappa shape index (κ2) is 8.10. The van der Waals surface area contributed by atoms with Gasteiger partial charge >= 0.3 is 0 Å². The highest BCUT2D eigenvalue weighted by Crippen LogP contribution is 2.21. The van der Waals surface area contributed by atoms with Crippen LogP contribution in [-0.2, 0) is 9.53 Å². The molecule has 0 spiro atoms. The third-order valence-electron chi connectivity index (χ3n) is 5.23. The fraction of sp³-hybridized carbons (Fsp3) is 0.722. The lowest BCUT2D eigenvalue weighted by Crippen LogP contribution is -2.56. The first-order valence-corrected chi connectivity index (χ1v) is 9.18. The van der Waals surface area contributed by atoms with Crippen molar-refractivity contribution in [3.05, 3.63) is 18.6 Å². The first-order chi connectivity index (χ1) is 12.1. The van der Waals surface area contributed by atoms with Gasteiger partial charge in [0.25, 0.3) is 0 Å². The first-order valence-electron chi connectivity index (χ1n) is 9.18. The fourth-order valence-electron chi connectivity index (χ4n) is 3.58. The van der Waals surface area contributed by atoms with Crippen LogP contribution in [0.5, 0.6) is 0 Å². The molecule has 2 aliphatic heterocycles. The van der Waals surface area contributed by atoms with E-state index in [0.717, 1.165) is 51.5 Å². The van der Waals surface area contributed by atoms with Gasteiger partial charge in [-0.05, 0) is 26.7 Å². The van der Waals surface area contributed by atoms with E-state index in [9.17, 15) is 4.79 Å². The van der Waals surface area contributed by atoms with Crippen LogP contribution in [0.2, 0.25) is 0 Å². The van der Waals surface area contributed by atoms with Crippen molar-refractivity contribution in [2.75, 3.05) is 50.8 Å². The summed E-state index contributed by atoms with van der Waals surface area (Å²) in [7, 11) is 0. The zero-order chi connectivity index (χ0) is 17.7. The van der Waals surface area contributed by atoms with E-state index < -0.39 is 0 Å². The average Bonchev–Trinajstić information content (AvgIpc) is 2.68. The standard InChI is InChI=1S/C18H29N5O2/c1-18(2,23-8-10-25-11-9-23)14-21-17(24)15-4-3-7-22(13-15)16-12-19-5-6-20-16/h5-6,12,15H,3-4,7-11,13-14H2,1-2H3,(H,21,24)/t15-/m0/s1. The molecule has 2 fully saturated rings. The molecule has 0 saturated carbocycles. The summed E-state index contributed by atoms with van der Waals surface area (Å²) < 4.78 is 5.42. The molecular formula is C18H29N5O2. The molecule has 0 aliphatic carbocycles. The number of nitrogens with one attached hydrogen (secondary N) is 1. The second-order valence-corrected chi connectivity index (χ2v) is 7.48. The van der Waals surface area contributed by atoms with Crippen LogP contribution in [-0.4, -0.2) is 72.3 Å². The summed E-state index contributed by atoms with van der Waals surface area (Å²) in [5, 5.41) is 3.18. The summed E-state index contributed by atoms with van der Waals surface area (Å²) in [4.78, 5) is 25.7. The minimum atomic E-state index is -0.0568. The summed E-state index contributed by atoms with van der Waals surface area (Å²) in [5.74, 6) is 1.01. The van der Waals surface area contributed by atoms with E-state index in [1.807, 2.05) is 0 Å². The molecule has 3 heterocycles. The number of aromatic nitrogens is 2. The molecule has 7 nitrogen and oxygen atoms in total. The lowest BCUT2D eigenvalue weighted by Gasteiger charge is -2.41. The van der Waals surface area contributed by atoms with Gasteiger partial charge in [-0.25, -0.2) is 4.98 Å². The van der Waals surface area contributed by atoms with Gasteiger partial charge in [0, 0.05) is 50.7 Å². The molecule has 0 bridgehead atoms. The molecule has 0 radical (unpaired) electrons. The molecule has 25 heavy (non-hydrogen) atoms. The van der Waals surface area contributed by atoms with Gasteiger partial charge in [-0.3, -0.25) is 14.7 Å². The average molecular weight is 347 g/mol. The third kappa shape index (κ3) is 4.67. The number of amides is 1. The van der Waals surface area contributed by atoms with E-state index >= 15 is 0 Å². The summed E-state index contributed by atoms with van der Waals surface area (Å²) in [6.45, 7) is 10.1. The maximum absolute atomic E-state index is 12.7. The van der Waals surface area contributed by atoms with Crippen molar-refractivity contribution in [3.63, 3.8) is 0 Å². The Kier molecular flexibility index (Phi) is 5.86. The second-order valence-electron chi connectivity index (χ2n) is 7.48. The SMILES string of the molecule is CC(C)(CNC(=O)[C@H]1CCCN(c2cnccn2)C1)N1CCOCC1. The van der Waals surface area contributed by atoms with Crippen LogP contribution < -0.4 is 10.2 Å². The predicted octanol–water partition coefficient (Wildman–Crippen LogP) is 0.920.